The maximum atomic E-state index is 5.64. The first kappa shape index (κ1) is 11.8. The van der Waals surface area contributed by atoms with Crippen LogP contribution in [0.15, 0.2) is 22.7 Å². The first-order valence-electron chi connectivity index (χ1n) is 6.28. The minimum atomic E-state index is 0.344. The van der Waals surface area contributed by atoms with Gasteiger partial charge in [-0.3, -0.25) is 0 Å². The number of nitrogens with two attached hydrogens (primary N) is 1. The molecule has 19 heavy (non-hydrogen) atoms. The van der Waals surface area contributed by atoms with Crippen molar-refractivity contribution >= 4 is 16.8 Å². The van der Waals surface area contributed by atoms with E-state index in [1.165, 1.54) is 22.0 Å². The Morgan fingerprint density at radius 3 is 2.53 bits per heavy atom. The molecular formula is C15H17N3O. The van der Waals surface area contributed by atoms with E-state index in [0.717, 1.165) is 17.0 Å². The van der Waals surface area contributed by atoms with Crippen LogP contribution in [0.5, 0.6) is 0 Å². The zero-order valence-electron chi connectivity index (χ0n) is 11.6. The lowest BCUT2D eigenvalue weighted by molar-refractivity contribution is 0.439. The van der Waals surface area contributed by atoms with Crippen LogP contribution in [0.1, 0.15) is 16.8 Å². The summed E-state index contributed by atoms with van der Waals surface area (Å²) in [6.45, 7) is 6.33. The van der Waals surface area contributed by atoms with E-state index < -0.39 is 0 Å². The van der Waals surface area contributed by atoms with E-state index in [-0.39, 0.29) is 0 Å². The third-order valence-electron chi connectivity index (χ3n) is 3.72. The Morgan fingerprint density at radius 2 is 1.89 bits per heavy atom. The Balaban J connectivity index is 2.45. The van der Waals surface area contributed by atoms with E-state index in [9.17, 15) is 0 Å². The number of hydrogen-bond donors (Lipinski definition) is 1. The second-order valence-corrected chi connectivity index (χ2v) is 5.11. The highest BCUT2D eigenvalue weighted by atomic mass is 16.5. The molecule has 2 N–H and O–H groups in total. The number of benzene rings is 1. The Kier molecular flexibility index (Phi) is 2.42. The largest absolute Gasteiger partial charge is 0.368 e. The van der Waals surface area contributed by atoms with Gasteiger partial charge in [0.25, 0.3) is 0 Å². The van der Waals surface area contributed by atoms with Gasteiger partial charge in [0.15, 0.2) is 0 Å². The van der Waals surface area contributed by atoms with Crippen LogP contribution in [0.2, 0.25) is 0 Å². The van der Waals surface area contributed by atoms with Crippen molar-refractivity contribution < 1.29 is 4.52 Å². The molecule has 2 aromatic heterocycles. The van der Waals surface area contributed by atoms with Crippen LogP contribution >= 0.6 is 0 Å². The SMILES string of the molecule is Cc1cc(C)c2c(-c3cc(N)on3)c(C)n(C)c2c1. The fourth-order valence-corrected chi connectivity index (χ4v) is 2.78. The summed E-state index contributed by atoms with van der Waals surface area (Å²) in [7, 11) is 2.07. The Bertz CT molecular complexity index is 780. The molecule has 0 atom stereocenters. The number of aromatic nitrogens is 2. The van der Waals surface area contributed by atoms with Crippen molar-refractivity contribution in [3.05, 3.63) is 35.0 Å². The third-order valence-corrected chi connectivity index (χ3v) is 3.72. The van der Waals surface area contributed by atoms with Crippen LogP contribution in [0.4, 0.5) is 5.88 Å². The molecule has 0 fully saturated rings. The summed E-state index contributed by atoms with van der Waals surface area (Å²) >= 11 is 0. The minimum Gasteiger partial charge on any atom is -0.368 e. The molecule has 0 unspecified atom stereocenters. The van der Waals surface area contributed by atoms with E-state index in [1.54, 1.807) is 6.07 Å². The number of rotatable bonds is 1. The molecule has 0 aliphatic heterocycles. The number of fused-ring (bicyclic) bond motifs is 1. The van der Waals surface area contributed by atoms with Crippen LogP contribution in [0.3, 0.4) is 0 Å². The van der Waals surface area contributed by atoms with Crippen LogP contribution in [0, 0.1) is 20.8 Å². The Morgan fingerprint density at radius 1 is 1.16 bits per heavy atom. The highest BCUT2D eigenvalue weighted by Crippen LogP contribution is 2.36. The second-order valence-electron chi connectivity index (χ2n) is 5.11. The maximum Gasteiger partial charge on any atom is 0.222 e. The zero-order chi connectivity index (χ0) is 13.7. The van der Waals surface area contributed by atoms with Crippen molar-refractivity contribution in [2.45, 2.75) is 20.8 Å². The van der Waals surface area contributed by atoms with Gasteiger partial charge in [0.2, 0.25) is 5.88 Å². The number of nitrogen functional groups attached to an aromatic ring is 1. The highest BCUT2D eigenvalue weighted by Gasteiger charge is 2.18. The molecule has 0 radical (unpaired) electrons. The van der Waals surface area contributed by atoms with Crippen LogP contribution in [0.25, 0.3) is 22.2 Å². The lowest BCUT2D eigenvalue weighted by atomic mass is 10.0. The first-order chi connectivity index (χ1) is 8.99. The van der Waals surface area contributed by atoms with E-state index >= 15 is 0 Å². The topological polar surface area (TPSA) is 57.0 Å². The molecule has 0 aliphatic rings. The van der Waals surface area contributed by atoms with E-state index in [0.29, 0.717) is 5.88 Å². The standard InChI is InChI=1S/C15H17N3O/c1-8-5-9(2)14-12(6-8)18(4)10(3)15(14)11-7-13(16)19-17-11/h5-7H,16H2,1-4H3. The summed E-state index contributed by atoms with van der Waals surface area (Å²) in [5, 5.41) is 5.28. The number of anilines is 1. The van der Waals surface area contributed by atoms with Gasteiger partial charge in [-0.25, -0.2) is 0 Å². The fraction of sp³-hybridized carbons (Fsp3) is 0.267. The molecule has 1 aromatic carbocycles. The van der Waals surface area contributed by atoms with Crippen LogP contribution in [-0.4, -0.2) is 9.72 Å². The molecular weight excluding hydrogens is 238 g/mol. The monoisotopic (exact) mass is 255 g/mol. The summed E-state index contributed by atoms with van der Waals surface area (Å²) in [5.41, 5.74) is 12.4. The lowest BCUT2D eigenvalue weighted by Crippen LogP contribution is -1.90. The van der Waals surface area contributed by atoms with Crippen molar-refractivity contribution in [2.75, 3.05) is 5.73 Å². The molecule has 3 aromatic rings. The summed E-state index contributed by atoms with van der Waals surface area (Å²) in [5.74, 6) is 0.344. The highest BCUT2D eigenvalue weighted by molar-refractivity contribution is 5.99. The quantitative estimate of drug-likeness (QED) is 0.725. The van der Waals surface area contributed by atoms with Crippen LogP contribution in [-0.2, 0) is 7.05 Å². The first-order valence-corrected chi connectivity index (χ1v) is 6.28. The summed E-state index contributed by atoms with van der Waals surface area (Å²) in [4.78, 5) is 0. The summed E-state index contributed by atoms with van der Waals surface area (Å²) < 4.78 is 7.20. The molecule has 3 rings (SSSR count). The van der Waals surface area contributed by atoms with Crippen LogP contribution < -0.4 is 5.73 Å². The van der Waals surface area contributed by atoms with E-state index in [1.807, 2.05) is 0 Å². The number of nitrogens with zero attached hydrogens (tertiary/aromatic N) is 2. The predicted octanol–water partition coefficient (Wildman–Crippen LogP) is 3.34. The Hall–Kier alpha value is -2.23. The normalized spacial score (nSPS) is 11.4. The smallest absolute Gasteiger partial charge is 0.222 e. The van der Waals surface area contributed by atoms with Gasteiger partial charge in [-0.05, 0) is 38.0 Å². The van der Waals surface area contributed by atoms with Gasteiger partial charge in [0.1, 0.15) is 5.69 Å². The molecule has 0 amide bonds. The molecule has 4 heteroatoms. The molecule has 0 saturated carbocycles. The average Bonchev–Trinajstić information content (AvgIpc) is 2.85. The van der Waals surface area contributed by atoms with E-state index in [2.05, 4.69) is 49.7 Å². The van der Waals surface area contributed by atoms with Crippen molar-refractivity contribution in [1.82, 2.24) is 9.72 Å². The van der Waals surface area contributed by atoms with Gasteiger partial charge in [-0.1, -0.05) is 11.2 Å². The van der Waals surface area contributed by atoms with Gasteiger partial charge in [0.05, 0.1) is 0 Å². The van der Waals surface area contributed by atoms with Gasteiger partial charge in [0, 0.05) is 35.3 Å². The molecule has 4 nitrogen and oxygen atoms in total. The molecule has 0 aliphatic carbocycles. The molecule has 2 heterocycles. The van der Waals surface area contributed by atoms with Gasteiger partial charge < -0.3 is 14.8 Å². The summed E-state index contributed by atoms with van der Waals surface area (Å²) in [6.07, 6.45) is 0. The number of aryl methyl sites for hydroxylation is 3. The third kappa shape index (κ3) is 1.63. The van der Waals surface area contributed by atoms with Crippen molar-refractivity contribution in [1.29, 1.82) is 0 Å². The lowest BCUT2D eigenvalue weighted by Gasteiger charge is -2.02. The van der Waals surface area contributed by atoms with Gasteiger partial charge in [-0.15, -0.1) is 0 Å². The molecule has 0 saturated heterocycles. The van der Waals surface area contributed by atoms with Crippen molar-refractivity contribution in [3.8, 4) is 11.3 Å². The summed E-state index contributed by atoms with van der Waals surface area (Å²) in [6, 6.07) is 6.16. The maximum absolute atomic E-state index is 5.64. The van der Waals surface area contributed by atoms with Crippen molar-refractivity contribution in [3.63, 3.8) is 0 Å². The zero-order valence-corrected chi connectivity index (χ0v) is 11.6. The molecule has 98 valence electrons. The van der Waals surface area contributed by atoms with E-state index in [4.69, 9.17) is 10.3 Å². The average molecular weight is 255 g/mol. The van der Waals surface area contributed by atoms with Crippen molar-refractivity contribution in [2.24, 2.45) is 7.05 Å². The van der Waals surface area contributed by atoms with Gasteiger partial charge >= 0.3 is 0 Å². The minimum absolute atomic E-state index is 0.344. The fourth-order valence-electron chi connectivity index (χ4n) is 2.78. The Labute approximate surface area is 111 Å². The second kappa shape index (κ2) is 3.88. The number of hydrogen-bond acceptors (Lipinski definition) is 3. The molecule has 0 bridgehead atoms. The predicted molar refractivity (Wildman–Crippen MR) is 77.0 cm³/mol. The van der Waals surface area contributed by atoms with Gasteiger partial charge in [-0.2, -0.15) is 0 Å². The molecule has 0 spiro atoms.